The predicted octanol–water partition coefficient (Wildman–Crippen LogP) is 2.87. The van der Waals surface area contributed by atoms with E-state index in [0.29, 0.717) is 19.3 Å². The lowest BCUT2D eigenvalue weighted by atomic mass is 10.2. The molecule has 1 rings (SSSR count). The molecule has 0 aliphatic rings. The van der Waals surface area contributed by atoms with E-state index in [1.807, 2.05) is 24.3 Å². The Hall–Kier alpha value is -1.11. The zero-order valence-electron chi connectivity index (χ0n) is 9.28. The number of nitrogens with one attached hydrogen (secondary N) is 1. The summed E-state index contributed by atoms with van der Waals surface area (Å²) in [5, 5.41) is 11.3. The van der Waals surface area contributed by atoms with E-state index in [0.717, 1.165) is 9.26 Å². The number of anilines is 1. The Kier molecular flexibility index (Phi) is 5.96. The zero-order valence-corrected chi connectivity index (χ0v) is 11.4. The van der Waals surface area contributed by atoms with Gasteiger partial charge in [-0.2, -0.15) is 0 Å². The van der Waals surface area contributed by atoms with Gasteiger partial charge in [0, 0.05) is 16.4 Å². The molecule has 5 heteroatoms. The molecule has 0 heterocycles. The number of carbonyl (C=O) groups is 2. The molecule has 0 atom stereocenters. The maximum Gasteiger partial charge on any atom is 0.303 e. The highest BCUT2D eigenvalue weighted by molar-refractivity contribution is 14.1. The molecule has 0 aromatic heterocycles. The summed E-state index contributed by atoms with van der Waals surface area (Å²) in [4.78, 5) is 21.8. The van der Waals surface area contributed by atoms with Gasteiger partial charge in [-0.05, 0) is 47.6 Å². The van der Waals surface area contributed by atoms with Gasteiger partial charge in [-0.3, -0.25) is 9.59 Å². The maximum absolute atomic E-state index is 11.5. The fraction of sp³-hybridized carbons (Fsp3) is 0.333. The molecule has 0 radical (unpaired) electrons. The number of carboxylic acid groups (broad SMARTS) is 1. The highest BCUT2D eigenvalue weighted by Gasteiger charge is 2.05. The molecular formula is C12H14INO3. The third kappa shape index (κ3) is 5.67. The number of unbranched alkanes of at least 4 members (excludes halogenated alkanes) is 1. The quantitative estimate of drug-likeness (QED) is 0.614. The molecule has 1 aromatic rings. The summed E-state index contributed by atoms with van der Waals surface area (Å²) >= 11 is 2.16. The van der Waals surface area contributed by atoms with Crippen molar-refractivity contribution >= 4 is 40.2 Å². The molecule has 0 aliphatic heterocycles. The molecule has 0 saturated heterocycles. The summed E-state index contributed by atoms with van der Waals surface area (Å²) in [6.07, 6.45) is 1.62. The number of aliphatic carboxylic acids is 1. The lowest BCUT2D eigenvalue weighted by molar-refractivity contribution is -0.137. The Balaban J connectivity index is 2.30. The molecule has 17 heavy (non-hydrogen) atoms. The Morgan fingerprint density at radius 2 is 1.82 bits per heavy atom. The maximum atomic E-state index is 11.5. The summed E-state index contributed by atoms with van der Waals surface area (Å²) in [5.74, 6) is -0.887. The van der Waals surface area contributed by atoms with Crippen LogP contribution in [0, 0.1) is 3.57 Å². The number of halogens is 1. The number of hydrogen-bond acceptors (Lipinski definition) is 2. The molecule has 2 N–H and O–H groups in total. The fourth-order valence-corrected chi connectivity index (χ4v) is 1.86. The third-order valence-electron chi connectivity index (χ3n) is 2.19. The fourth-order valence-electron chi connectivity index (χ4n) is 1.34. The summed E-state index contributed by atoms with van der Waals surface area (Å²) in [5.41, 5.74) is 0.802. The summed E-state index contributed by atoms with van der Waals surface area (Å²) < 4.78 is 0.990. The van der Waals surface area contributed by atoms with Crippen LogP contribution in [0.5, 0.6) is 0 Å². The zero-order chi connectivity index (χ0) is 12.7. The van der Waals surface area contributed by atoms with Crippen molar-refractivity contribution in [1.29, 1.82) is 0 Å². The first kappa shape index (κ1) is 14.0. The van der Waals surface area contributed by atoms with Crippen molar-refractivity contribution in [3.8, 4) is 0 Å². The second-order valence-corrected chi connectivity index (χ2v) is 4.79. The lowest BCUT2D eigenvalue weighted by Crippen LogP contribution is -2.12. The molecule has 0 unspecified atom stereocenters. The van der Waals surface area contributed by atoms with Crippen LogP contribution in [-0.4, -0.2) is 17.0 Å². The molecule has 4 nitrogen and oxygen atoms in total. The van der Waals surface area contributed by atoms with Crippen LogP contribution in [0.25, 0.3) is 0 Å². The molecule has 0 bridgehead atoms. The SMILES string of the molecule is O=C(O)CCCCC(=O)Nc1ccccc1I. The summed E-state index contributed by atoms with van der Waals surface area (Å²) in [6, 6.07) is 7.53. The van der Waals surface area contributed by atoms with Crippen LogP contribution >= 0.6 is 22.6 Å². The van der Waals surface area contributed by atoms with Crippen molar-refractivity contribution in [2.45, 2.75) is 25.7 Å². The molecule has 92 valence electrons. The first-order chi connectivity index (χ1) is 8.09. The highest BCUT2D eigenvalue weighted by Crippen LogP contribution is 2.17. The van der Waals surface area contributed by atoms with Crippen LogP contribution in [-0.2, 0) is 9.59 Å². The molecule has 0 saturated carbocycles. The topological polar surface area (TPSA) is 66.4 Å². The van der Waals surface area contributed by atoms with E-state index in [2.05, 4.69) is 27.9 Å². The van der Waals surface area contributed by atoms with Gasteiger partial charge >= 0.3 is 5.97 Å². The van der Waals surface area contributed by atoms with Gasteiger partial charge in [-0.1, -0.05) is 12.1 Å². The van der Waals surface area contributed by atoms with E-state index >= 15 is 0 Å². The van der Waals surface area contributed by atoms with Gasteiger partial charge in [0.15, 0.2) is 0 Å². The second-order valence-electron chi connectivity index (χ2n) is 3.63. The number of benzene rings is 1. The van der Waals surface area contributed by atoms with Crippen molar-refractivity contribution < 1.29 is 14.7 Å². The monoisotopic (exact) mass is 347 g/mol. The van der Waals surface area contributed by atoms with Crippen molar-refractivity contribution in [3.05, 3.63) is 27.8 Å². The standard InChI is InChI=1S/C12H14INO3/c13-9-5-1-2-6-10(9)14-11(15)7-3-4-8-12(16)17/h1-2,5-6H,3-4,7-8H2,(H,14,15)(H,16,17). The Morgan fingerprint density at radius 3 is 2.47 bits per heavy atom. The van der Waals surface area contributed by atoms with E-state index in [-0.39, 0.29) is 12.3 Å². The molecular weight excluding hydrogens is 333 g/mol. The first-order valence-electron chi connectivity index (χ1n) is 5.36. The number of carbonyl (C=O) groups excluding carboxylic acids is 1. The van der Waals surface area contributed by atoms with Gasteiger partial charge < -0.3 is 10.4 Å². The van der Waals surface area contributed by atoms with Crippen LogP contribution in [0.2, 0.25) is 0 Å². The number of rotatable bonds is 6. The van der Waals surface area contributed by atoms with E-state index in [1.54, 1.807) is 0 Å². The number of carboxylic acids is 1. The van der Waals surface area contributed by atoms with Crippen molar-refractivity contribution in [3.63, 3.8) is 0 Å². The average molecular weight is 347 g/mol. The van der Waals surface area contributed by atoms with E-state index in [4.69, 9.17) is 5.11 Å². The number of amides is 1. The van der Waals surface area contributed by atoms with Gasteiger partial charge in [-0.25, -0.2) is 0 Å². The van der Waals surface area contributed by atoms with E-state index in [9.17, 15) is 9.59 Å². The number of para-hydroxylation sites is 1. The highest BCUT2D eigenvalue weighted by atomic mass is 127. The smallest absolute Gasteiger partial charge is 0.303 e. The Bertz CT molecular complexity index is 406. The minimum atomic E-state index is -0.817. The van der Waals surface area contributed by atoms with Crippen LogP contribution in [0.3, 0.4) is 0 Å². The second kappa shape index (κ2) is 7.26. The van der Waals surface area contributed by atoms with Gasteiger partial charge in [0.25, 0.3) is 0 Å². The van der Waals surface area contributed by atoms with Crippen molar-refractivity contribution in [1.82, 2.24) is 0 Å². The molecule has 1 amide bonds. The summed E-state index contributed by atoms with van der Waals surface area (Å²) in [6.45, 7) is 0. The van der Waals surface area contributed by atoms with Gasteiger partial charge in [0.05, 0.1) is 5.69 Å². The van der Waals surface area contributed by atoms with E-state index < -0.39 is 5.97 Å². The predicted molar refractivity (Wildman–Crippen MR) is 73.9 cm³/mol. The normalized spacial score (nSPS) is 9.94. The molecule has 0 spiro atoms. The van der Waals surface area contributed by atoms with Crippen molar-refractivity contribution in [2.75, 3.05) is 5.32 Å². The minimum absolute atomic E-state index is 0.0699. The Labute approximate surface area is 114 Å². The summed E-state index contributed by atoms with van der Waals surface area (Å²) in [7, 11) is 0. The molecule has 1 aromatic carbocycles. The lowest BCUT2D eigenvalue weighted by Gasteiger charge is -2.06. The number of hydrogen-bond donors (Lipinski definition) is 2. The van der Waals surface area contributed by atoms with Gasteiger partial charge in [-0.15, -0.1) is 0 Å². The minimum Gasteiger partial charge on any atom is -0.481 e. The average Bonchev–Trinajstić information content (AvgIpc) is 2.27. The largest absolute Gasteiger partial charge is 0.481 e. The molecule has 0 aliphatic carbocycles. The third-order valence-corrected chi connectivity index (χ3v) is 3.13. The van der Waals surface area contributed by atoms with Crippen LogP contribution in [0.1, 0.15) is 25.7 Å². The van der Waals surface area contributed by atoms with Crippen LogP contribution in [0.15, 0.2) is 24.3 Å². The van der Waals surface area contributed by atoms with Crippen molar-refractivity contribution in [2.24, 2.45) is 0 Å². The first-order valence-corrected chi connectivity index (χ1v) is 6.43. The van der Waals surface area contributed by atoms with Crippen LogP contribution in [0.4, 0.5) is 5.69 Å². The van der Waals surface area contributed by atoms with Gasteiger partial charge in [0.2, 0.25) is 5.91 Å². The van der Waals surface area contributed by atoms with Crippen LogP contribution < -0.4 is 5.32 Å². The molecule has 0 fully saturated rings. The Morgan fingerprint density at radius 1 is 1.18 bits per heavy atom. The van der Waals surface area contributed by atoms with Gasteiger partial charge in [0.1, 0.15) is 0 Å². The van der Waals surface area contributed by atoms with E-state index in [1.165, 1.54) is 0 Å².